The molecule has 0 radical (unpaired) electrons. The number of carbonyl (C=O) groups excluding carboxylic acids is 2. The third-order valence-corrected chi connectivity index (χ3v) is 3.60. The lowest BCUT2D eigenvalue weighted by Crippen LogP contribution is -2.22. The second-order valence-corrected chi connectivity index (χ2v) is 5.79. The van der Waals surface area contributed by atoms with E-state index in [1.807, 2.05) is 0 Å². The summed E-state index contributed by atoms with van der Waals surface area (Å²) in [5, 5.41) is 6.02. The molecular weight excluding hydrogens is 375 g/mol. The molecule has 0 aliphatic carbocycles. The fraction of sp³-hybridized carbons (Fsp3) is 0.211. The summed E-state index contributed by atoms with van der Waals surface area (Å²) in [6.07, 6.45) is -4.87. The van der Waals surface area contributed by atoms with Crippen LogP contribution in [0.25, 0.3) is 0 Å². The number of hydrazone groups is 1. The SMILES string of the molecule is COc1cccc(C(=O)NN=C(C)CC(=O)Nc2ccccc2C(F)(F)F)c1. The molecule has 0 bridgehead atoms. The molecule has 2 N–H and O–H groups in total. The summed E-state index contributed by atoms with van der Waals surface area (Å²) in [5.74, 6) is -0.703. The van der Waals surface area contributed by atoms with E-state index >= 15 is 0 Å². The third kappa shape index (κ3) is 5.83. The fourth-order valence-corrected chi connectivity index (χ4v) is 2.28. The number of hydrogen-bond donors (Lipinski definition) is 2. The van der Waals surface area contributed by atoms with Gasteiger partial charge in [-0.3, -0.25) is 9.59 Å². The zero-order valence-electron chi connectivity index (χ0n) is 15.1. The first kappa shape index (κ1) is 20.9. The molecular formula is C19H18F3N3O3. The summed E-state index contributed by atoms with van der Waals surface area (Å²) in [7, 11) is 1.47. The number of amides is 2. The lowest BCUT2D eigenvalue weighted by Gasteiger charge is -2.13. The quantitative estimate of drug-likeness (QED) is 0.578. The summed E-state index contributed by atoms with van der Waals surface area (Å²) < 4.78 is 43.9. The zero-order valence-corrected chi connectivity index (χ0v) is 15.1. The van der Waals surface area contributed by atoms with Crippen LogP contribution < -0.4 is 15.5 Å². The van der Waals surface area contributed by atoms with Crippen molar-refractivity contribution in [2.75, 3.05) is 12.4 Å². The van der Waals surface area contributed by atoms with Gasteiger partial charge in [0.25, 0.3) is 5.91 Å². The molecule has 0 atom stereocenters. The van der Waals surface area contributed by atoms with Crippen molar-refractivity contribution in [2.45, 2.75) is 19.5 Å². The van der Waals surface area contributed by atoms with E-state index in [2.05, 4.69) is 15.8 Å². The number of rotatable bonds is 6. The van der Waals surface area contributed by atoms with Gasteiger partial charge in [-0.25, -0.2) is 5.43 Å². The molecule has 0 spiro atoms. The van der Waals surface area contributed by atoms with Gasteiger partial charge in [0.2, 0.25) is 5.91 Å². The summed E-state index contributed by atoms with van der Waals surface area (Å²) in [6, 6.07) is 11.1. The molecule has 0 saturated heterocycles. The third-order valence-electron chi connectivity index (χ3n) is 3.60. The topological polar surface area (TPSA) is 79.8 Å². The van der Waals surface area contributed by atoms with E-state index in [9.17, 15) is 22.8 Å². The summed E-state index contributed by atoms with van der Waals surface area (Å²) >= 11 is 0. The number of para-hydroxylation sites is 1. The smallest absolute Gasteiger partial charge is 0.418 e. The van der Waals surface area contributed by atoms with Crippen LogP contribution in [0.4, 0.5) is 18.9 Å². The van der Waals surface area contributed by atoms with Crippen molar-refractivity contribution in [3.8, 4) is 5.75 Å². The minimum atomic E-state index is -4.59. The van der Waals surface area contributed by atoms with E-state index in [0.717, 1.165) is 12.1 Å². The zero-order chi connectivity index (χ0) is 20.7. The number of nitrogens with zero attached hydrogens (tertiary/aromatic N) is 1. The Morgan fingerprint density at radius 1 is 1.11 bits per heavy atom. The van der Waals surface area contributed by atoms with Gasteiger partial charge in [-0.15, -0.1) is 0 Å². The molecule has 9 heteroatoms. The Morgan fingerprint density at radius 3 is 2.50 bits per heavy atom. The van der Waals surface area contributed by atoms with E-state index in [-0.39, 0.29) is 17.8 Å². The predicted molar refractivity (Wildman–Crippen MR) is 98.3 cm³/mol. The maximum absolute atomic E-state index is 13.0. The average Bonchev–Trinajstić information content (AvgIpc) is 2.65. The molecule has 0 fully saturated rings. The maximum atomic E-state index is 13.0. The highest BCUT2D eigenvalue weighted by molar-refractivity contribution is 6.06. The Morgan fingerprint density at radius 2 is 1.82 bits per heavy atom. The van der Waals surface area contributed by atoms with Gasteiger partial charge in [0.05, 0.1) is 24.8 Å². The number of alkyl halides is 3. The first-order valence-electron chi connectivity index (χ1n) is 8.14. The molecule has 28 heavy (non-hydrogen) atoms. The van der Waals surface area contributed by atoms with Crippen molar-refractivity contribution in [3.63, 3.8) is 0 Å². The number of nitrogens with one attached hydrogen (secondary N) is 2. The molecule has 0 aliphatic rings. The van der Waals surface area contributed by atoms with Gasteiger partial charge >= 0.3 is 6.18 Å². The van der Waals surface area contributed by atoms with Crippen molar-refractivity contribution in [1.82, 2.24) is 5.43 Å². The monoisotopic (exact) mass is 393 g/mol. The van der Waals surface area contributed by atoms with Crippen LogP contribution in [0.2, 0.25) is 0 Å². The average molecular weight is 393 g/mol. The van der Waals surface area contributed by atoms with Crippen LogP contribution in [0.3, 0.4) is 0 Å². The number of methoxy groups -OCH3 is 1. The van der Waals surface area contributed by atoms with Gasteiger partial charge in [-0.05, 0) is 37.3 Å². The first-order chi connectivity index (χ1) is 13.2. The normalized spacial score (nSPS) is 11.7. The Labute approximate surface area is 159 Å². The van der Waals surface area contributed by atoms with Gasteiger partial charge in [0.15, 0.2) is 0 Å². The largest absolute Gasteiger partial charge is 0.497 e. The van der Waals surface area contributed by atoms with Crippen LogP contribution in [0.5, 0.6) is 5.75 Å². The number of hydrogen-bond acceptors (Lipinski definition) is 4. The van der Waals surface area contributed by atoms with Gasteiger partial charge < -0.3 is 10.1 Å². The minimum Gasteiger partial charge on any atom is -0.497 e. The molecule has 2 rings (SSSR count). The van der Waals surface area contributed by atoms with Crippen LogP contribution in [0.1, 0.15) is 29.3 Å². The Bertz CT molecular complexity index is 895. The highest BCUT2D eigenvalue weighted by Gasteiger charge is 2.33. The lowest BCUT2D eigenvalue weighted by molar-refractivity contribution is -0.137. The molecule has 6 nitrogen and oxygen atoms in total. The van der Waals surface area contributed by atoms with Gasteiger partial charge in [-0.2, -0.15) is 18.3 Å². The van der Waals surface area contributed by atoms with Crippen LogP contribution in [0.15, 0.2) is 53.6 Å². The van der Waals surface area contributed by atoms with Crippen LogP contribution >= 0.6 is 0 Å². The number of benzene rings is 2. The van der Waals surface area contributed by atoms with Crippen LogP contribution in [-0.4, -0.2) is 24.6 Å². The van der Waals surface area contributed by atoms with Crippen molar-refractivity contribution in [2.24, 2.45) is 5.10 Å². The fourth-order valence-electron chi connectivity index (χ4n) is 2.28. The highest BCUT2D eigenvalue weighted by Crippen LogP contribution is 2.34. The Hall–Kier alpha value is -3.36. The van der Waals surface area contributed by atoms with Crippen molar-refractivity contribution < 1.29 is 27.5 Å². The summed E-state index contributed by atoms with van der Waals surface area (Å²) in [6.45, 7) is 1.47. The minimum absolute atomic E-state index is 0.221. The van der Waals surface area contributed by atoms with Crippen LogP contribution in [-0.2, 0) is 11.0 Å². The van der Waals surface area contributed by atoms with Gasteiger partial charge in [0.1, 0.15) is 5.75 Å². The Kier molecular flexibility index (Phi) is 6.75. The first-order valence-corrected chi connectivity index (χ1v) is 8.14. The molecule has 0 aromatic heterocycles. The standard InChI is InChI=1S/C19H18F3N3O3/c1-12(24-25-18(27)13-6-5-7-14(11-13)28-2)10-17(26)23-16-9-4-3-8-15(16)19(20,21)22/h3-9,11H,10H2,1-2H3,(H,23,26)(H,25,27). The second-order valence-electron chi connectivity index (χ2n) is 5.79. The summed E-state index contributed by atoms with van der Waals surface area (Å²) in [4.78, 5) is 24.1. The lowest BCUT2D eigenvalue weighted by atomic mass is 10.1. The number of ether oxygens (including phenoxy) is 1. The van der Waals surface area contributed by atoms with Crippen molar-refractivity contribution in [1.29, 1.82) is 0 Å². The summed E-state index contributed by atoms with van der Waals surface area (Å²) in [5.41, 5.74) is 1.53. The molecule has 0 aliphatic heterocycles. The predicted octanol–water partition coefficient (Wildman–Crippen LogP) is 3.85. The van der Waals surface area contributed by atoms with Crippen LogP contribution in [0, 0.1) is 0 Å². The molecule has 2 aromatic rings. The van der Waals surface area contributed by atoms with E-state index in [0.29, 0.717) is 11.3 Å². The van der Waals surface area contributed by atoms with E-state index < -0.39 is 23.6 Å². The van der Waals surface area contributed by atoms with Gasteiger partial charge in [0, 0.05) is 11.3 Å². The molecule has 148 valence electrons. The molecule has 2 amide bonds. The molecule has 0 unspecified atom stereocenters. The number of halogens is 3. The highest BCUT2D eigenvalue weighted by atomic mass is 19.4. The second kappa shape index (κ2) is 9.03. The van der Waals surface area contributed by atoms with Crippen molar-refractivity contribution >= 4 is 23.2 Å². The molecule has 0 saturated carbocycles. The molecule has 2 aromatic carbocycles. The van der Waals surface area contributed by atoms with E-state index in [1.54, 1.807) is 18.2 Å². The maximum Gasteiger partial charge on any atom is 0.418 e. The van der Waals surface area contributed by atoms with Gasteiger partial charge in [-0.1, -0.05) is 18.2 Å². The molecule has 0 heterocycles. The number of anilines is 1. The Balaban J connectivity index is 1.98. The number of carbonyl (C=O) groups is 2. The van der Waals surface area contributed by atoms with E-state index in [1.165, 1.54) is 32.2 Å². The van der Waals surface area contributed by atoms with Crippen molar-refractivity contribution in [3.05, 3.63) is 59.7 Å². The van der Waals surface area contributed by atoms with E-state index in [4.69, 9.17) is 4.74 Å².